The van der Waals surface area contributed by atoms with Gasteiger partial charge < -0.3 is 37.1 Å². The van der Waals surface area contributed by atoms with Crippen molar-refractivity contribution in [2.75, 3.05) is 28.2 Å². The summed E-state index contributed by atoms with van der Waals surface area (Å²) in [6, 6.07) is 1.35. The maximum absolute atomic E-state index is 5.28. The molecule has 3 nitrogen and oxygen atoms in total. The Hall–Kier alpha value is 0.811. The minimum Gasteiger partial charge on any atom is -0.660 e. The van der Waals surface area contributed by atoms with Crippen LogP contribution in [-0.4, -0.2) is 63.8 Å². The predicted molar refractivity (Wildman–Crippen MR) is 112 cm³/mol. The molecule has 0 spiro atoms. The molecule has 0 amide bonds. The first-order valence-electron chi connectivity index (χ1n) is 7.93. The average molecular weight is 392 g/mol. The second kappa shape index (κ2) is 11.5. The van der Waals surface area contributed by atoms with Gasteiger partial charge in [-0.3, -0.25) is 0 Å². The van der Waals surface area contributed by atoms with Gasteiger partial charge in [0, 0.05) is 12.1 Å². The Bertz CT molecular complexity index is 327. The third kappa shape index (κ3) is 8.01. The Morgan fingerprint density at radius 3 is 1.62 bits per heavy atom. The SMILES string of the molecule is C[C@@H]1C(N(C)C)CC([Si](C)(C)[N-]C(C)(C)C)C1N(C)C.[CH3-].[CH3-].[CH3-].[Ti+4]. The fourth-order valence-electron chi connectivity index (χ4n) is 4.37. The van der Waals surface area contributed by atoms with Gasteiger partial charge >= 0.3 is 21.7 Å². The maximum atomic E-state index is 5.28. The molecule has 0 aliphatic heterocycles. The number of rotatable bonds is 4. The van der Waals surface area contributed by atoms with Gasteiger partial charge in [0.1, 0.15) is 0 Å². The van der Waals surface area contributed by atoms with Crippen molar-refractivity contribution in [3.63, 3.8) is 0 Å². The molecule has 1 aliphatic carbocycles. The minimum absolute atomic E-state index is 0. The molecule has 1 saturated carbocycles. The maximum Gasteiger partial charge on any atom is 4.00 e. The van der Waals surface area contributed by atoms with Gasteiger partial charge in [0.05, 0.1) is 0 Å². The van der Waals surface area contributed by atoms with Gasteiger partial charge in [0.15, 0.2) is 0 Å². The second-order valence-electron chi connectivity index (χ2n) is 8.62. The molecule has 0 heterocycles. The molecule has 1 rings (SSSR count). The van der Waals surface area contributed by atoms with Gasteiger partial charge in [-0.25, -0.2) is 0 Å². The van der Waals surface area contributed by atoms with Crippen molar-refractivity contribution in [1.29, 1.82) is 0 Å². The van der Waals surface area contributed by atoms with Gasteiger partial charge in [0.25, 0.3) is 0 Å². The molecule has 0 bridgehead atoms. The average Bonchev–Trinajstić information content (AvgIpc) is 2.52. The van der Waals surface area contributed by atoms with E-state index in [1.165, 1.54) is 6.42 Å². The fourth-order valence-corrected chi connectivity index (χ4v) is 8.52. The molecule has 4 atom stereocenters. The first-order valence-corrected chi connectivity index (χ1v) is 11.0. The van der Waals surface area contributed by atoms with Crippen LogP contribution in [0.5, 0.6) is 0 Å². The van der Waals surface area contributed by atoms with E-state index in [2.05, 4.69) is 78.8 Å². The van der Waals surface area contributed by atoms with E-state index in [4.69, 9.17) is 4.98 Å². The largest absolute Gasteiger partial charge is 4.00 e. The van der Waals surface area contributed by atoms with Crippen LogP contribution in [0.15, 0.2) is 0 Å². The van der Waals surface area contributed by atoms with E-state index in [1.54, 1.807) is 0 Å². The summed E-state index contributed by atoms with van der Waals surface area (Å²) in [5, 5.41) is 0. The molecule has 0 radical (unpaired) electrons. The minimum atomic E-state index is -1.60. The molecule has 0 aromatic carbocycles. The van der Waals surface area contributed by atoms with Crippen molar-refractivity contribution in [3.05, 3.63) is 27.3 Å². The molecule has 0 N–H and O–H groups in total. The van der Waals surface area contributed by atoms with Crippen LogP contribution < -0.4 is 0 Å². The molecular formula is C19H45N3SiTi. The van der Waals surface area contributed by atoms with E-state index in [1.807, 2.05) is 0 Å². The van der Waals surface area contributed by atoms with Crippen LogP contribution in [0.3, 0.4) is 0 Å². The first-order chi connectivity index (χ1) is 8.87. The molecule has 5 heteroatoms. The monoisotopic (exact) mass is 391 g/mol. The van der Waals surface area contributed by atoms with E-state index in [0.29, 0.717) is 18.0 Å². The van der Waals surface area contributed by atoms with Crippen molar-refractivity contribution < 1.29 is 21.7 Å². The summed E-state index contributed by atoms with van der Waals surface area (Å²) in [6.45, 7) is 14.1. The summed E-state index contributed by atoms with van der Waals surface area (Å²) in [6.07, 6.45) is 1.30. The van der Waals surface area contributed by atoms with Crippen molar-refractivity contribution >= 4 is 8.24 Å². The van der Waals surface area contributed by atoms with Crippen LogP contribution in [0, 0.1) is 28.2 Å². The van der Waals surface area contributed by atoms with Gasteiger partial charge in [-0.05, 0) is 46.1 Å². The normalized spacial score (nSPS) is 27.0. The summed E-state index contributed by atoms with van der Waals surface area (Å²) < 4.78 is 0. The molecule has 1 fully saturated rings. The van der Waals surface area contributed by atoms with Crippen LogP contribution in [0.4, 0.5) is 0 Å². The molecule has 0 aromatic heterocycles. The standard InChI is InChI=1S/C16H36N3Si.3CH3.Ti/c1-12-13(18(5)6)11-14(15(12)19(7)8)20(9,10)17-16(2,3)4;;;;/h12-15H,11H2,1-10H3;3*1H3;/q4*-1;+4/t12-,13?,14?,15?;;;;/m1..../s1. The van der Waals surface area contributed by atoms with Crippen molar-refractivity contribution in [1.82, 2.24) is 9.80 Å². The Morgan fingerprint density at radius 1 is 0.917 bits per heavy atom. The fraction of sp³-hybridized carbons (Fsp3) is 0.842. The molecule has 0 saturated heterocycles. The number of hydrogen-bond acceptors (Lipinski definition) is 2. The van der Waals surface area contributed by atoms with Crippen LogP contribution >= 0.6 is 0 Å². The van der Waals surface area contributed by atoms with Crippen LogP contribution in [-0.2, 0) is 21.7 Å². The smallest absolute Gasteiger partial charge is 0.660 e. The van der Waals surface area contributed by atoms with Crippen LogP contribution in [0.1, 0.15) is 34.1 Å². The van der Waals surface area contributed by atoms with Crippen LogP contribution in [0.25, 0.3) is 4.98 Å². The Labute approximate surface area is 171 Å². The summed E-state index contributed by atoms with van der Waals surface area (Å²) in [4.78, 5) is 10.1. The van der Waals surface area contributed by atoms with Crippen molar-refractivity contribution in [3.8, 4) is 0 Å². The zero-order valence-electron chi connectivity index (χ0n) is 18.9. The Morgan fingerprint density at radius 2 is 1.33 bits per heavy atom. The molecule has 3 unspecified atom stereocenters. The molecule has 0 aromatic rings. The quantitative estimate of drug-likeness (QED) is 0.497. The molecule has 24 heavy (non-hydrogen) atoms. The predicted octanol–water partition coefficient (Wildman–Crippen LogP) is 4.98. The van der Waals surface area contributed by atoms with E-state index in [-0.39, 0.29) is 49.5 Å². The number of nitrogens with zero attached hydrogens (tertiary/aromatic N) is 3. The number of hydrogen-bond donors (Lipinski definition) is 0. The zero-order valence-corrected chi connectivity index (χ0v) is 21.4. The van der Waals surface area contributed by atoms with Gasteiger partial charge in [0.2, 0.25) is 0 Å². The Balaban J connectivity index is -0.000000500. The van der Waals surface area contributed by atoms with Gasteiger partial charge in [-0.15, -0.1) is 5.54 Å². The van der Waals surface area contributed by atoms with Crippen molar-refractivity contribution in [2.24, 2.45) is 5.92 Å². The zero-order chi connectivity index (χ0) is 15.9. The van der Waals surface area contributed by atoms with Crippen LogP contribution in [0.2, 0.25) is 18.6 Å². The summed E-state index contributed by atoms with van der Waals surface area (Å²) in [5.41, 5.74) is 0.839. The summed E-state index contributed by atoms with van der Waals surface area (Å²) in [7, 11) is 7.34. The van der Waals surface area contributed by atoms with Gasteiger partial charge in [-0.2, -0.15) is 0 Å². The first kappa shape index (κ1) is 32.5. The van der Waals surface area contributed by atoms with E-state index in [0.717, 1.165) is 5.54 Å². The third-order valence-electron chi connectivity index (χ3n) is 4.84. The Kier molecular flexibility index (Phi) is 15.6. The van der Waals surface area contributed by atoms with E-state index >= 15 is 0 Å². The molecule has 144 valence electrons. The molecular weight excluding hydrogens is 346 g/mol. The second-order valence-corrected chi connectivity index (χ2v) is 12.9. The van der Waals surface area contributed by atoms with Crippen molar-refractivity contribution in [2.45, 2.75) is 70.4 Å². The topological polar surface area (TPSA) is 20.6 Å². The van der Waals surface area contributed by atoms with E-state index in [9.17, 15) is 0 Å². The molecule has 1 aliphatic rings. The summed E-state index contributed by atoms with van der Waals surface area (Å²) >= 11 is 0. The third-order valence-corrected chi connectivity index (χ3v) is 8.48. The van der Waals surface area contributed by atoms with Gasteiger partial charge in [-0.1, -0.05) is 49.0 Å². The van der Waals surface area contributed by atoms with E-state index < -0.39 is 8.24 Å². The summed E-state index contributed by atoms with van der Waals surface area (Å²) in [5.74, 6) is 0.715.